The van der Waals surface area contributed by atoms with Gasteiger partial charge in [0.05, 0.1) is 25.1 Å². The van der Waals surface area contributed by atoms with Crippen molar-refractivity contribution in [1.82, 2.24) is 0 Å². The van der Waals surface area contributed by atoms with Gasteiger partial charge in [0.1, 0.15) is 28.8 Å². The normalized spacial score (nSPS) is 44.3. The van der Waals surface area contributed by atoms with Crippen molar-refractivity contribution >= 4 is 12.0 Å². The maximum atomic E-state index is 12.8. The molecule has 10 atom stereocenters. The molecule has 1 aromatic carbocycles. The fourth-order valence-corrected chi connectivity index (χ4v) is 5.39. The van der Waals surface area contributed by atoms with Gasteiger partial charge in [0.15, 0.2) is 6.29 Å². The van der Waals surface area contributed by atoms with E-state index in [4.69, 9.17) is 18.9 Å². The van der Waals surface area contributed by atoms with E-state index < -0.39 is 72.1 Å². The number of aliphatic hydroxyl groups is 5. The minimum atomic E-state index is -1.91. The Labute approximate surface area is 209 Å². The third kappa shape index (κ3) is 4.26. The van der Waals surface area contributed by atoms with E-state index in [-0.39, 0.29) is 6.42 Å². The van der Waals surface area contributed by atoms with Gasteiger partial charge in [-0.2, -0.15) is 0 Å². The third-order valence-corrected chi connectivity index (χ3v) is 8.04. The van der Waals surface area contributed by atoms with Crippen LogP contribution in [0.5, 0.6) is 0 Å². The molecule has 4 rings (SSSR count). The molecule has 3 aliphatic rings. The van der Waals surface area contributed by atoms with Gasteiger partial charge in [0.2, 0.25) is 6.29 Å². The van der Waals surface area contributed by atoms with E-state index in [2.05, 4.69) is 0 Å². The molecule has 36 heavy (non-hydrogen) atoms. The largest absolute Gasteiger partial charge is 0.472 e. The SMILES string of the molecule is C[C@@H]1[C@@H](O)[C@H](O[C@@H]2OC=C[C@@]3(O)[C@H](O)C[C@](C)(OC(=O)/C=C/c4ccccc4)[C@@]23C)O[C@H](CO)[C@H]1O. The van der Waals surface area contributed by atoms with Gasteiger partial charge in [-0.05, 0) is 31.6 Å². The molecule has 198 valence electrons. The standard InChI is InChI=1S/C26H34O10/c1-15-20(30)17(14-27)34-22(21(15)31)35-23-25(3)24(2,13-18(28)26(25,32)11-12-33-23)36-19(29)10-9-16-7-5-4-6-8-16/h4-12,15,17-18,20-23,27-28,30-32H,13-14H2,1-3H3/b10-9+/t15-,17+,18+,20-,21+,22-,23-,24-,25+,26+/m0/s1. The number of hydrogen-bond acceptors (Lipinski definition) is 10. The molecule has 10 heteroatoms. The van der Waals surface area contributed by atoms with E-state index in [0.717, 1.165) is 5.56 Å². The maximum absolute atomic E-state index is 12.8. The minimum absolute atomic E-state index is 0.124. The summed E-state index contributed by atoms with van der Waals surface area (Å²) in [4.78, 5) is 12.8. The van der Waals surface area contributed by atoms with E-state index in [1.54, 1.807) is 26.8 Å². The van der Waals surface area contributed by atoms with Gasteiger partial charge in [-0.3, -0.25) is 0 Å². The fraction of sp³-hybridized carbons (Fsp3) is 0.577. The Morgan fingerprint density at radius 3 is 2.53 bits per heavy atom. The average Bonchev–Trinajstić information content (AvgIpc) is 3.01. The fourth-order valence-electron chi connectivity index (χ4n) is 5.39. The predicted molar refractivity (Wildman–Crippen MR) is 126 cm³/mol. The van der Waals surface area contributed by atoms with Crippen LogP contribution in [-0.4, -0.2) is 86.3 Å². The first-order chi connectivity index (χ1) is 17.0. The Hall–Kier alpha value is -2.31. The molecule has 1 saturated carbocycles. The van der Waals surface area contributed by atoms with Crippen molar-refractivity contribution in [3.8, 4) is 0 Å². The Kier molecular flexibility index (Phi) is 7.33. The van der Waals surface area contributed by atoms with Gasteiger partial charge in [-0.1, -0.05) is 37.3 Å². The number of carbonyl (C=O) groups is 1. The number of carbonyl (C=O) groups excluding carboxylic acids is 1. The molecule has 1 aromatic rings. The van der Waals surface area contributed by atoms with E-state index >= 15 is 0 Å². The van der Waals surface area contributed by atoms with Crippen molar-refractivity contribution < 1.29 is 49.3 Å². The summed E-state index contributed by atoms with van der Waals surface area (Å²) >= 11 is 0. The van der Waals surface area contributed by atoms with Crippen LogP contribution in [0.4, 0.5) is 0 Å². The summed E-state index contributed by atoms with van der Waals surface area (Å²) < 4.78 is 23.1. The lowest BCUT2D eigenvalue weighted by molar-refractivity contribution is -0.363. The van der Waals surface area contributed by atoms with Crippen molar-refractivity contribution in [2.75, 3.05) is 6.61 Å². The van der Waals surface area contributed by atoms with Crippen molar-refractivity contribution in [3.05, 3.63) is 54.3 Å². The Balaban J connectivity index is 1.61. The molecule has 2 heterocycles. The topological polar surface area (TPSA) is 155 Å². The number of esters is 1. The monoisotopic (exact) mass is 506 g/mol. The zero-order valence-corrected chi connectivity index (χ0v) is 20.4. The van der Waals surface area contributed by atoms with Crippen LogP contribution in [-0.2, 0) is 23.7 Å². The smallest absolute Gasteiger partial charge is 0.331 e. The molecule has 0 bridgehead atoms. The van der Waals surface area contributed by atoms with Gasteiger partial charge < -0.3 is 44.5 Å². The molecule has 0 unspecified atom stereocenters. The lowest BCUT2D eigenvalue weighted by Crippen LogP contribution is -2.65. The highest BCUT2D eigenvalue weighted by Crippen LogP contribution is 2.60. The molecule has 0 radical (unpaired) electrons. The first-order valence-electron chi connectivity index (χ1n) is 11.9. The Morgan fingerprint density at radius 2 is 1.86 bits per heavy atom. The summed E-state index contributed by atoms with van der Waals surface area (Å²) in [5.74, 6) is -1.40. The molecule has 2 fully saturated rings. The number of rotatable bonds is 6. The van der Waals surface area contributed by atoms with Crippen LogP contribution in [0.2, 0.25) is 0 Å². The second-order valence-electron chi connectivity index (χ2n) is 10.1. The quantitative estimate of drug-likeness (QED) is 0.272. The van der Waals surface area contributed by atoms with Gasteiger partial charge >= 0.3 is 5.97 Å². The highest BCUT2D eigenvalue weighted by Gasteiger charge is 2.74. The lowest BCUT2D eigenvalue weighted by atomic mass is 9.67. The summed E-state index contributed by atoms with van der Waals surface area (Å²) in [7, 11) is 0. The molecule has 5 N–H and O–H groups in total. The molecular weight excluding hydrogens is 472 g/mol. The second kappa shape index (κ2) is 9.86. The molecule has 1 saturated heterocycles. The van der Waals surface area contributed by atoms with Gasteiger partial charge in [-0.15, -0.1) is 0 Å². The number of fused-ring (bicyclic) bond motifs is 1. The van der Waals surface area contributed by atoms with Crippen LogP contribution in [0.25, 0.3) is 6.08 Å². The number of benzene rings is 1. The molecule has 0 spiro atoms. The number of aliphatic hydroxyl groups excluding tert-OH is 4. The van der Waals surface area contributed by atoms with Crippen molar-refractivity contribution in [2.45, 2.75) is 75.4 Å². The lowest BCUT2D eigenvalue weighted by Gasteiger charge is -2.52. The molecule has 2 aliphatic heterocycles. The predicted octanol–water partition coefficient (Wildman–Crippen LogP) is 0.465. The van der Waals surface area contributed by atoms with Crippen LogP contribution >= 0.6 is 0 Å². The number of hydrogen-bond donors (Lipinski definition) is 5. The molecular formula is C26H34O10. The molecule has 0 amide bonds. The van der Waals surface area contributed by atoms with Crippen LogP contribution in [0, 0.1) is 11.3 Å². The zero-order chi connectivity index (χ0) is 26.3. The number of ether oxygens (including phenoxy) is 4. The van der Waals surface area contributed by atoms with Crippen LogP contribution in [0.1, 0.15) is 32.8 Å². The first kappa shape index (κ1) is 26.7. The van der Waals surface area contributed by atoms with Crippen LogP contribution in [0.15, 0.2) is 48.7 Å². The van der Waals surface area contributed by atoms with Crippen molar-refractivity contribution in [3.63, 3.8) is 0 Å². The van der Waals surface area contributed by atoms with Gasteiger partial charge in [-0.25, -0.2) is 4.79 Å². The first-order valence-corrected chi connectivity index (χ1v) is 11.9. The maximum Gasteiger partial charge on any atom is 0.331 e. The average molecular weight is 507 g/mol. The van der Waals surface area contributed by atoms with Crippen LogP contribution < -0.4 is 0 Å². The molecule has 0 aromatic heterocycles. The summed E-state index contributed by atoms with van der Waals surface area (Å²) in [5.41, 5.74) is -4.15. The third-order valence-electron chi connectivity index (χ3n) is 8.04. The Bertz CT molecular complexity index is 996. The van der Waals surface area contributed by atoms with Gasteiger partial charge in [0, 0.05) is 18.4 Å². The summed E-state index contributed by atoms with van der Waals surface area (Å²) in [6.45, 7) is 4.21. The van der Waals surface area contributed by atoms with E-state index in [9.17, 15) is 30.3 Å². The van der Waals surface area contributed by atoms with Gasteiger partial charge in [0.25, 0.3) is 0 Å². The van der Waals surface area contributed by atoms with Crippen molar-refractivity contribution in [1.29, 1.82) is 0 Å². The molecule has 1 aliphatic carbocycles. The highest BCUT2D eigenvalue weighted by atomic mass is 16.8. The van der Waals surface area contributed by atoms with E-state index in [1.165, 1.54) is 18.4 Å². The molecule has 10 nitrogen and oxygen atoms in total. The van der Waals surface area contributed by atoms with Crippen LogP contribution in [0.3, 0.4) is 0 Å². The summed E-state index contributed by atoms with van der Waals surface area (Å²) in [6.07, 6.45) is -2.25. The highest BCUT2D eigenvalue weighted by molar-refractivity contribution is 5.87. The summed E-state index contributed by atoms with van der Waals surface area (Å²) in [5, 5.41) is 52.9. The second-order valence-corrected chi connectivity index (χ2v) is 10.1. The zero-order valence-electron chi connectivity index (χ0n) is 20.4. The van der Waals surface area contributed by atoms with Crippen molar-refractivity contribution in [2.24, 2.45) is 11.3 Å². The minimum Gasteiger partial charge on any atom is -0.472 e. The Morgan fingerprint density at radius 1 is 1.17 bits per heavy atom. The summed E-state index contributed by atoms with van der Waals surface area (Å²) in [6, 6.07) is 9.16. The van der Waals surface area contributed by atoms with E-state index in [0.29, 0.717) is 0 Å². The van der Waals surface area contributed by atoms with E-state index in [1.807, 2.05) is 30.3 Å².